The molecule has 3 aromatic heterocycles. The summed E-state index contributed by atoms with van der Waals surface area (Å²) >= 11 is 3.77. The highest BCUT2D eigenvalue weighted by atomic mass is 32.1. The lowest BCUT2D eigenvalue weighted by atomic mass is 10.1. The molecule has 0 amide bonds. The van der Waals surface area contributed by atoms with Gasteiger partial charge in [0.1, 0.15) is 0 Å². The second kappa shape index (κ2) is 23.2. The lowest BCUT2D eigenvalue weighted by Crippen LogP contribution is -2.09. The minimum atomic E-state index is 1.00. The Morgan fingerprint density at radius 2 is 0.816 bits per heavy atom. The van der Waals surface area contributed by atoms with Crippen molar-refractivity contribution in [2.45, 2.75) is 97.9 Å². The van der Waals surface area contributed by atoms with Crippen molar-refractivity contribution in [1.29, 1.82) is 0 Å². The molecule has 8 aromatic carbocycles. The summed E-state index contributed by atoms with van der Waals surface area (Å²) in [5, 5.41) is 5.16. The summed E-state index contributed by atoms with van der Waals surface area (Å²) in [6.07, 6.45) is 18.5. The third-order valence-corrected chi connectivity index (χ3v) is 17.6. The zero-order valence-electron chi connectivity index (χ0n) is 44.5. The van der Waals surface area contributed by atoms with Crippen LogP contribution in [0.15, 0.2) is 195 Å². The number of benzene rings is 8. The Balaban J connectivity index is 0.927. The fraction of sp³-hybridized carbons (Fsp3) is 0.211. The van der Waals surface area contributed by atoms with Gasteiger partial charge in [0.2, 0.25) is 0 Å². The molecule has 11 aromatic rings. The van der Waals surface area contributed by atoms with Gasteiger partial charge in [-0.25, -0.2) is 0 Å². The van der Waals surface area contributed by atoms with Gasteiger partial charge in [-0.1, -0.05) is 169 Å². The zero-order valence-corrected chi connectivity index (χ0v) is 46.2. The van der Waals surface area contributed by atoms with Crippen LogP contribution in [0.25, 0.3) is 75.0 Å². The van der Waals surface area contributed by atoms with Gasteiger partial charge in [-0.2, -0.15) is 0 Å². The smallest absolute Gasteiger partial charge is 0.0497 e. The van der Waals surface area contributed by atoms with Gasteiger partial charge >= 0.3 is 0 Å². The van der Waals surface area contributed by atoms with Gasteiger partial charge in [-0.3, -0.25) is 0 Å². The molecule has 0 saturated heterocycles. The monoisotopic (exact) mass is 1030 g/mol. The van der Waals surface area contributed by atoms with Gasteiger partial charge < -0.3 is 14.4 Å². The van der Waals surface area contributed by atoms with Crippen molar-refractivity contribution in [2.24, 2.45) is 0 Å². The number of anilines is 6. The Hall–Kier alpha value is -7.44. The second-order valence-electron chi connectivity index (χ2n) is 20.8. The molecule has 0 aliphatic heterocycles. The largest absolute Gasteiger partial charge is 0.340 e. The van der Waals surface area contributed by atoms with Crippen LogP contribution in [0.5, 0.6) is 0 Å². The third kappa shape index (κ3) is 11.0. The second-order valence-corrected chi connectivity index (χ2v) is 22.9. The Labute approximate surface area is 458 Å². The van der Waals surface area contributed by atoms with E-state index in [1.54, 1.807) is 0 Å². The summed E-state index contributed by atoms with van der Waals surface area (Å²) in [4.78, 5) is 7.31. The number of hydrogen-bond donors (Lipinski definition) is 0. The van der Waals surface area contributed by atoms with Gasteiger partial charge in [-0.15, -0.1) is 22.7 Å². The van der Waals surface area contributed by atoms with Crippen LogP contribution in [-0.4, -0.2) is 4.57 Å². The molecule has 3 heterocycles. The van der Waals surface area contributed by atoms with Gasteiger partial charge in [0.25, 0.3) is 0 Å². The molecule has 0 fully saturated rings. The average molecular weight is 1030 g/mol. The molecule has 3 nitrogen and oxygen atoms in total. The van der Waals surface area contributed by atoms with E-state index < -0.39 is 0 Å². The van der Waals surface area contributed by atoms with Crippen LogP contribution >= 0.6 is 22.7 Å². The van der Waals surface area contributed by atoms with Crippen LogP contribution in [0.2, 0.25) is 0 Å². The van der Waals surface area contributed by atoms with Crippen LogP contribution in [0.3, 0.4) is 0 Å². The van der Waals surface area contributed by atoms with Crippen molar-refractivity contribution in [2.75, 3.05) is 9.80 Å². The summed E-state index contributed by atoms with van der Waals surface area (Å²) in [5.74, 6) is 0. The molecule has 0 spiro atoms. The van der Waals surface area contributed by atoms with E-state index in [4.69, 9.17) is 0 Å². The topological polar surface area (TPSA) is 11.4 Å². The molecule has 0 N–H and O–H groups in total. The fourth-order valence-electron chi connectivity index (χ4n) is 11.1. The van der Waals surface area contributed by atoms with E-state index in [-0.39, 0.29) is 0 Å². The number of fused-ring (bicyclic) bond motifs is 5. The minimum Gasteiger partial charge on any atom is -0.340 e. The first-order valence-corrected chi connectivity index (χ1v) is 29.3. The van der Waals surface area contributed by atoms with Crippen LogP contribution in [-0.2, 0) is 6.54 Å². The average Bonchev–Trinajstić information content (AvgIpc) is 4.22. The quantitative estimate of drug-likeness (QED) is 0.0627. The molecule has 11 rings (SSSR count). The molecule has 0 saturated carbocycles. The van der Waals surface area contributed by atoms with Gasteiger partial charge in [0, 0.05) is 81.6 Å². The predicted molar refractivity (Wildman–Crippen MR) is 337 cm³/mol. The van der Waals surface area contributed by atoms with Gasteiger partial charge in [0.15, 0.2) is 0 Å². The first kappa shape index (κ1) is 50.7. The van der Waals surface area contributed by atoms with Crippen LogP contribution < -0.4 is 9.80 Å². The standard InChI is InChI=1S/C71H69N3S2/c1-6-9-10-11-12-13-14-15-16-17-18-41-72-66-46-54(70-48-56-44-62(35-39-68(56)75-70)73(60-23-19-21-50(4)42-60)58-31-25-52(7-2)26-32-58)29-37-64(66)65-38-30-55(47-67(65)72)71-49-57-45-63(36-40-69(57)76-71)74(61-24-20-22-51(5)43-61)59-33-27-53(8-3)28-34-59/h7-8,19-40,42-49H,2-3,6,9-18,41H2,1,4-5H3. The first-order valence-electron chi connectivity index (χ1n) is 27.7. The number of thiophene rings is 2. The highest BCUT2D eigenvalue weighted by Crippen LogP contribution is 2.44. The predicted octanol–water partition coefficient (Wildman–Crippen LogP) is 22.7. The van der Waals surface area contributed by atoms with Crippen molar-refractivity contribution in [1.82, 2.24) is 4.57 Å². The van der Waals surface area contributed by atoms with Crippen molar-refractivity contribution >= 4 is 111 Å². The van der Waals surface area contributed by atoms with Crippen molar-refractivity contribution < 1.29 is 0 Å². The van der Waals surface area contributed by atoms with Crippen molar-refractivity contribution in [3.8, 4) is 20.9 Å². The maximum Gasteiger partial charge on any atom is 0.0497 e. The molecule has 76 heavy (non-hydrogen) atoms. The van der Waals surface area contributed by atoms with E-state index >= 15 is 0 Å². The van der Waals surface area contributed by atoms with Crippen molar-refractivity contribution in [3.63, 3.8) is 0 Å². The number of unbranched alkanes of at least 4 members (excludes halogenated alkanes) is 10. The van der Waals surface area contributed by atoms with E-state index in [1.165, 1.54) is 145 Å². The van der Waals surface area contributed by atoms with E-state index in [0.29, 0.717) is 0 Å². The molecule has 0 bridgehead atoms. The summed E-state index contributed by atoms with van der Waals surface area (Å²) < 4.78 is 5.23. The van der Waals surface area contributed by atoms with Crippen LogP contribution in [0, 0.1) is 13.8 Å². The third-order valence-electron chi connectivity index (χ3n) is 15.2. The van der Waals surface area contributed by atoms with Crippen LogP contribution in [0.4, 0.5) is 34.1 Å². The van der Waals surface area contributed by atoms with Crippen LogP contribution in [0.1, 0.15) is 99.8 Å². The van der Waals surface area contributed by atoms with E-state index in [1.807, 2.05) is 34.8 Å². The number of rotatable bonds is 22. The molecule has 380 valence electrons. The summed E-state index contributed by atoms with van der Waals surface area (Å²) in [7, 11) is 0. The highest BCUT2D eigenvalue weighted by Gasteiger charge is 2.19. The lowest BCUT2D eigenvalue weighted by Gasteiger charge is -2.26. The molecule has 5 heteroatoms. The maximum atomic E-state index is 3.99. The number of aryl methyl sites for hydroxylation is 3. The Bertz CT molecular complexity index is 3570. The minimum absolute atomic E-state index is 1.00. The normalized spacial score (nSPS) is 11.6. The van der Waals surface area contributed by atoms with Crippen molar-refractivity contribution in [3.05, 3.63) is 217 Å². The Morgan fingerprint density at radius 1 is 0.408 bits per heavy atom. The molecular formula is C71H69N3S2. The summed E-state index contributed by atoms with van der Waals surface area (Å²) in [6, 6.07) is 68.1. The molecule has 0 unspecified atom stereocenters. The molecule has 0 aliphatic rings. The summed E-state index contributed by atoms with van der Waals surface area (Å²) in [5.41, 5.74) is 16.7. The summed E-state index contributed by atoms with van der Waals surface area (Å²) in [6.45, 7) is 15.6. The van der Waals surface area contributed by atoms with E-state index in [2.05, 4.69) is 230 Å². The van der Waals surface area contributed by atoms with E-state index in [9.17, 15) is 0 Å². The Morgan fingerprint density at radius 3 is 1.24 bits per heavy atom. The van der Waals surface area contributed by atoms with E-state index in [0.717, 1.165) is 51.8 Å². The SMILES string of the molecule is C=Cc1ccc(N(c2cccc(C)c2)c2ccc3sc(-c4ccc5c6ccc(-c7cc8cc(N(c9ccc(C=C)cc9)c9cccc(C)c9)ccc8s7)cc6n(CCCCCCCCCCCCC)c5c4)cc3c2)cc1. The molecule has 0 aliphatic carbocycles. The Kier molecular flexibility index (Phi) is 15.5. The molecule has 0 radical (unpaired) electrons. The lowest BCUT2D eigenvalue weighted by molar-refractivity contribution is 0.537. The highest BCUT2D eigenvalue weighted by molar-refractivity contribution is 7.22. The van der Waals surface area contributed by atoms with Gasteiger partial charge in [-0.05, 0) is 174 Å². The number of hydrogen-bond acceptors (Lipinski definition) is 4. The molecule has 0 atom stereocenters. The number of nitrogens with zero attached hydrogens (tertiary/aromatic N) is 3. The van der Waals surface area contributed by atoms with Gasteiger partial charge in [0.05, 0.1) is 0 Å². The maximum absolute atomic E-state index is 3.99. The first-order chi connectivity index (χ1) is 37.3. The number of aromatic nitrogens is 1. The molecular weight excluding hydrogens is 959 g/mol. The fourth-order valence-corrected chi connectivity index (χ4v) is 13.2. The zero-order chi connectivity index (χ0) is 52.0.